The van der Waals surface area contributed by atoms with Gasteiger partial charge in [0.25, 0.3) is 0 Å². The Hall–Kier alpha value is 0.524. The molecule has 0 nitrogen and oxygen atoms in total. The Balaban J connectivity index is 2.80. The average Bonchev–Trinajstić information content (AvgIpc) is 0.811. The third-order valence-corrected chi connectivity index (χ3v) is 0. The summed E-state index contributed by atoms with van der Waals surface area (Å²) < 4.78 is 0.611. The van der Waals surface area contributed by atoms with Crippen molar-refractivity contribution in [1.82, 2.24) is 0 Å². The molecular weight excluding hydrogens is 100 g/mol. The molecule has 4 heavy (non-hydrogen) atoms. The molecule has 0 aromatic heterocycles. The second-order valence-corrected chi connectivity index (χ2v) is 2.96. The summed E-state index contributed by atoms with van der Waals surface area (Å²) in [6, 6.07) is 0. The lowest BCUT2D eigenvalue weighted by Gasteiger charge is -1.59. The summed E-state index contributed by atoms with van der Waals surface area (Å²) in [5.74, 6) is 0. The van der Waals surface area contributed by atoms with E-state index in [9.17, 15) is 0 Å². The number of thiocarbonyl (C=S) groups is 1. The molecule has 0 saturated heterocycles. The molecule has 0 heterocycles. The summed E-state index contributed by atoms with van der Waals surface area (Å²) in [6.45, 7) is 0. The lowest BCUT2D eigenvalue weighted by Crippen LogP contribution is -1.84. The second kappa shape index (κ2) is 1.81. The molecule has 0 rings (SSSR count). The van der Waals surface area contributed by atoms with Crippen LogP contribution in [0.3, 0.4) is 0 Å². The Morgan fingerprint density at radius 1 is 1.50 bits per heavy atom. The zero-order valence-corrected chi connectivity index (χ0v) is 4.72. The van der Waals surface area contributed by atoms with E-state index in [2.05, 4.69) is 32.7 Å². The summed E-state index contributed by atoms with van der Waals surface area (Å²) >= 11 is 4.36. The lowest BCUT2D eigenvalue weighted by molar-refractivity contribution is 3.83. The van der Waals surface area contributed by atoms with Gasteiger partial charge in [0.15, 0.2) is 0 Å². The van der Waals surface area contributed by atoms with E-state index in [0.29, 0.717) is 4.11 Å². The molecule has 0 aromatic rings. The predicted octanol–water partition coefficient (Wildman–Crippen LogP) is -0.392. The van der Waals surface area contributed by atoms with Gasteiger partial charge in [0, 0.05) is 0 Å². The van der Waals surface area contributed by atoms with Crippen LogP contribution in [0.1, 0.15) is 0 Å². The zero-order chi connectivity index (χ0) is 3.58. The fourth-order valence-corrected chi connectivity index (χ4v) is 0. The van der Waals surface area contributed by atoms with E-state index < -0.39 is 0 Å². The fraction of sp³-hybridized carbons (Fsp3) is 0. The van der Waals surface area contributed by atoms with Crippen LogP contribution in [-0.4, -0.2) is 24.6 Å². The molecular formula is CSSi2. The third kappa shape index (κ3) is 21.4. The van der Waals surface area contributed by atoms with Crippen LogP contribution in [0.25, 0.3) is 0 Å². The summed E-state index contributed by atoms with van der Waals surface area (Å²) in [5.41, 5.74) is 0. The van der Waals surface area contributed by atoms with Gasteiger partial charge in [-0.3, -0.25) is 0 Å². The molecule has 0 amide bonds. The average molecular weight is 100 g/mol. The van der Waals surface area contributed by atoms with E-state index in [1.54, 1.807) is 0 Å². The highest BCUT2D eigenvalue weighted by Gasteiger charge is 1.58. The SMILES string of the molecule is [Si]C([Si])=S. The van der Waals surface area contributed by atoms with E-state index in [1.165, 1.54) is 0 Å². The van der Waals surface area contributed by atoms with Crippen molar-refractivity contribution < 1.29 is 0 Å². The molecule has 3 heteroatoms. The Morgan fingerprint density at radius 2 is 1.50 bits per heavy atom. The van der Waals surface area contributed by atoms with E-state index >= 15 is 0 Å². The summed E-state index contributed by atoms with van der Waals surface area (Å²) in [7, 11) is 5.91. The number of hydrogen-bond acceptors (Lipinski definition) is 1. The van der Waals surface area contributed by atoms with Gasteiger partial charge in [-0.05, 0) is 4.11 Å². The monoisotopic (exact) mass is 99.9 g/mol. The molecule has 0 aromatic carbocycles. The van der Waals surface area contributed by atoms with Crippen LogP contribution in [0.15, 0.2) is 0 Å². The summed E-state index contributed by atoms with van der Waals surface area (Å²) in [5, 5.41) is 0. The van der Waals surface area contributed by atoms with Crippen molar-refractivity contribution in [1.29, 1.82) is 0 Å². The van der Waals surface area contributed by atoms with Crippen LogP contribution >= 0.6 is 12.2 Å². The predicted molar refractivity (Wildman–Crippen MR) is 24.1 cm³/mol. The van der Waals surface area contributed by atoms with E-state index in [4.69, 9.17) is 0 Å². The van der Waals surface area contributed by atoms with Crippen molar-refractivity contribution in [2.24, 2.45) is 0 Å². The highest BCUT2D eigenvalue weighted by molar-refractivity contribution is 7.86. The van der Waals surface area contributed by atoms with Gasteiger partial charge in [-0.25, -0.2) is 0 Å². The third-order valence-electron chi connectivity index (χ3n) is 0. The largest absolute Gasteiger partial charge is 0.101 e. The Bertz CT molecular complexity index is 29.0. The van der Waals surface area contributed by atoms with Crippen LogP contribution in [0.2, 0.25) is 0 Å². The first-order valence-electron chi connectivity index (χ1n) is 0.704. The van der Waals surface area contributed by atoms with Gasteiger partial charge in [0.1, 0.15) is 0 Å². The first kappa shape index (κ1) is 4.52. The molecule has 6 radical (unpaired) electrons. The van der Waals surface area contributed by atoms with Crippen molar-refractivity contribution >= 4 is 36.8 Å². The Morgan fingerprint density at radius 3 is 1.50 bits per heavy atom. The van der Waals surface area contributed by atoms with Crippen LogP contribution < -0.4 is 0 Å². The van der Waals surface area contributed by atoms with E-state index in [1.807, 2.05) is 0 Å². The van der Waals surface area contributed by atoms with Gasteiger partial charge in [0.05, 0.1) is 20.5 Å². The molecule has 0 spiro atoms. The van der Waals surface area contributed by atoms with Crippen molar-refractivity contribution in [2.75, 3.05) is 0 Å². The zero-order valence-electron chi connectivity index (χ0n) is 1.91. The minimum atomic E-state index is 0.611. The molecule has 0 saturated carbocycles. The number of hydrogen-bond donors (Lipinski definition) is 0. The van der Waals surface area contributed by atoms with Gasteiger partial charge >= 0.3 is 0 Å². The van der Waals surface area contributed by atoms with Crippen LogP contribution in [-0.2, 0) is 0 Å². The highest BCUT2D eigenvalue weighted by Crippen LogP contribution is 1.45. The normalized spacial score (nSPS) is 6.50. The van der Waals surface area contributed by atoms with Gasteiger partial charge in [0.2, 0.25) is 0 Å². The molecule has 0 atom stereocenters. The van der Waals surface area contributed by atoms with Gasteiger partial charge in [-0.2, -0.15) is 0 Å². The second-order valence-electron chi connectivity index (χ2n) is 0.329. The van der Waals surface area contributed by atoms with Crippen molar-refractivity contribution in [2.45, 2.75) is 0 Å². The molecule has 0 unspecified atom stereocenters. The van der Waals surface area contributed by atoms with Gasteiger partial charge in [-0.15, -0.1) is 12.2 Å². The van der Waals surface area contributed by atoms with Crippen molar-refractivity contribution in [3.05, 3.63) is 0 Å². The standard InChI is InChI=1S/CSSi2/c2-1(3)4. The minimum absolute atomic E-state index is 0.611. The lowest BCUT2D eigenvalue weighted by atomic mass is 11.9. The minimum Gasteiger partial charge on any atom is -0.101 e. The molecule has 18 valence electrons. The maximum absolute atomic E-state index is 4.36. The molecule has 0 aliphatic rings. The smallest absolute Gasteiger partial charge is 0.0738 e. The molecule has 0 bridgehead atoms. The van der Waals surface area contributed by atoms with Crippen molar-refractivity contribution in [3.8, 4) is 0 Å². The molecule has 0 aliphatic heterocycles. The summed E-state index contributed by atoms with van der Waals surface area (Å²) in [6.07, 6.45) is 0. The maximum Gasteiger partial charge on any atom is 0.0738 e. The maximum atomic E-state index is 4.36. The topological polar surface area (TPSA) is 0 Å². The van der Waals surface area contributed by atoms with E-state index in [-0.39, 0.29) is 0 Å². The van der Waals surface area contributed by atoms with Gasteiger partial charge in [-0.1, -0.05) is 0 Å². The Labute approximate surface area is 37.4 Å². The van der Waals surface area contributed by atoms with Crippen molar-refractivity contribution in [3.63, 3.8) is 0 Å². The first-order valence-corrected chi connectivity index (χ1v) is 2.11. The molecule has 0 aliphatic carbocycles. The number of rotatable bonds is 0. The van der Waals surface area contributed by atoms with Gasteiger partial charge < -0.3 is 0 Å². The quantitative estimate of drug-likeness (QED) is 0.295. The Kier molecular flexibility index (Phi) is 2.04. The first-order chi connectivity index (χ1) is 1.73. The van der Waals surface area contributed by atoms with Crippen LogP contribution in [0.4, 0.5) is 0 Å². The fourth-order valence-electron chi connectivity index (χ4n) is 0. The van der Waals surface area contributed by atoms with Crippen LogP contribution in [0, 0.1) is 0 Å². The molecule has 0 N–H and O–H groups in total. The highest BCUT2D eigenvalue weighted by atomic mass is 32.1. The van der Waals surface area contributed by atoms with Crippen LogP contribution in [0.5, 0.6) is 0 Å². The summed E-state index contributed by atoms with van der Waals surface area (Å²) in [4.78, 5) is 0. The molecule has 0 fully saturated rings. The van der Waals surface area contributed by atoms with E-state index in [0.717, 1.165) is 0 Å².